The lowest BCUT2D eigenvalue weighted by molar-refractivity contribution is -0.122. The summed E-state index contributed by atoms with van der Waals surface area (Å²) in [7, 11) is 0. The van der Waals surface area contributed by atoms with Crippen LogP contribution >= 0.6 is 0 Å². The molecule has 2 aromatic rings. The van der Waals surface area contributed by atoms with Gasteiger partial charge in [-0.1, -0.05) is 23.4 Å². The topological polar surface area (TPSA) is 80.0 Å². The maximum Gasteiger partial charge on any atom is 0.235 e. The molecule has 2 N–H and O–H groups in total. The van der Waals surface area contributed by atoms with Crippen molar-refractivity contribution < 1.29 is 9.32 Å². The lowest BCUT2D eigenvalue weighted by Gasteiger charge is -2.36. The van der Waals surface area contributed by atoms with E-state index in [1.165, 1.54) is 5.56 Å². The highest BCUT2D eigenvalue weighted by Crippen LogP contribution is 2.48. The average molecular weight is 352 g/mol. The molecule has 1 amide bonds. The first kappa shape index (κ1) is 16.0. The molecule has 26 heavy (non-hydrogen) atoms. The van der Waals surface area contributed by atoms with Crippen molar-refractivity contribution >= 4 is 11.6 Å². The van der Waals surface area contributed by atoms with Crippen LogP contribution in [0.1, 0.15) is 55.3 Å². The number of hydrogen-bond donors (Lipinski definition) is 2. The van der Waals surface area contributed by atoms with Crippen molar-refractivity contribution in [3.8, 4) is 0 Å². The number of amides is 1. The fraction of sp³-hybridized carbons (Fsp3) is 0.550. The van der Waals surface area contributed by atoms with Crippen LogP contribution in [0, 0.1) is 12.8 Å². The first-order valence-corrected chi connectivity index (χ1v) is 9.60. The van der Waals surface area contributed by atoms with Gasteiger partial charge in [0.15, 0.2) is 5.82 Å². The number of carbonyl (C=O) groups is 1. The fourth-order valence-electron chi connectivity index (χ4n) is 4.74. The Kier molecular flexibility index (Phi) is 3.64. The summed E-state index contributed by atoms with van der Waals surface area (Å²) < 4.78 is 5.29. The molecule has 2 saturated carbocycles. The zero-order chi connectivity index (χ0) is 17.7. The molecule has 3 aliphatic rings. The molecule has 0 bridgehead atoms. The highest BCUT2D eigenvalue weighted by Gasteiger charge is 2.49. The smallest absolute Gasteiger partial charge is 0.235 e. The Morgan fingerprint density at radius 3 is 2.88 bits per heavy atom. The first-order valence-electron chi connectivity index (χ1n) is 9.60. The number of fused-ring (bicyclic) bond motifs is 2. The van der Waals surface area contributed by atoms with Gasteiger partial charge in [0.05, 0.1) is 5.41 Å². The largest absolute Gasteiger partial charge is 0.339 e. The second kappa shape index (κ2) is 5.91. The van der Waals surface area contributed by atoms with Gasteiger partial charge in [-0.05, 0) is 63.1 Å². The van der Waals surface area contributed by atoms with Gasteiger partial charge in [0.2, 0.25) is 11.8 Å². The standard InChI is InChI=1S/C20H24N4O2/c1-12-22-18(26-24-12)15-10-13(15)11-21-14-6-8-20(9-7-14)16-4-2-3-5-17(16)23-19(20)25/h2-5,13-15,21H,6-11H2,1H3,(H,23,25). The van der Waals surface area contributed by atoms with Crippen LogP contribution in [0.3, 0.4) is 0 Å². The maximum atomic E-state index is 12.6. The minimum Gasteiger partial charge on any atom is -0.339 e. The summed E-state index contributed by atoms with van der Waals surface area (Å²) in [6.07, 6.45) is 5.05. The SMILES string of the molecule is Cc1noc(C2CC2CNC2CCC3(CC2)C(=O)Nc2ccccc23)n1. The van der Waals surface area contributed by atoms with Gasteiger partial charge >= 0.3 is 0 Å². The lowest BCUT2D eigenvalue weighted by Crippen LogP contribution is -2.44. The zero-order valence-electron chi connectivity index (χ0n) is 15.0. The Hall–Kier alpha value is -2.21. The number of aromatic nitrogens is 2. The van der Waals surface area contributed by atoms with E-state index in [1.54, 1.807) is 0 Å². The molecular weight excluding hydrogens is 328 g/mol. The van der Waals surface area contributed by atoms with Crippen LogP contribution in [0.15, 0.2) is 28.8 Å². The first-order chi connectivity index (χ1) is 12.7. The molecule has 0 saturated heterocycles. The third-order valence-electron chi connectivity index (χ3n) is 6.42. The number of hydrogen-bond acceptors (Lipinski definition) is 5. The van der Waals surface area contributed by atoms with Gasteiger partial charge in [-0.25, -0.2) is 0 Å². The van der Waals surface area contributed by atoms with Crippen molar-refractivity contribution in [3.05, 3.63) is 41.5 Å². The van der Waals surface area contributed by atoms with Crippen molar-refractivity contribution in [2.45, 2.75) is 56.4 Å². The molecule has 1 aliphatic heterocycles. The van der Waals surface area contributed by atoms with E-state index in [0.717, 1.165) is 50.2 Å². The predicted octanol–water partition coefficient (Wildman–Crippen LogP) is 2.90. The number of para-hydroxylation sites is 1. The van der Waals surface area contributed by atoms with Crippen LogP contribution in [-0.2, 0) is 10.2 Å². The van der Waals surface area contributed by atoms with Crippen LogP contribution in [0.2, 0.25) is 0 Å². The summed E-state index contributed by atoms with van der Waals surface area (Å²) in [5, 5.41) is 10.7. The summed E-state index contributed by atoms with van der Waals surface area (Å²) in [6.45, 7) is 2.85. The van der Waals surface area contributed by atoms with Crippen molar-refractivity contribution in [1.82, 2.24) is 15.5 Å². The summed E-state index contributed by atoms with van der Waals surface area (Å²) in [5.41, 5.74) is 1.88. The number of aryl methyl sites for hydroxylation is 1. The van der Waals surface area contributed by atoms with E-state index in [0.29, 0.717) is 23.7 Å². The van der Waals surface area contributed by atoms with Crippen LogP contribution in [-0.4, -0.2) is 28.6 Å². The summed E-state index contributed by atoms with van der Waals surface area (Å²) in [4.78, 5) is 17.0. The summed E-state index contributed by atoms with van der Waals surface area (Å²) >= 11 is 0. The van der Waals surface area contributed by atoms with Gasteiger partial charge in [0.25, 0.3) is 0 Å². The van der Waals surface area contributed by atoms with Crippen LogP contribution < -0.4 is 10.6 Å². The molecule has 2 atom stereocenters. The van der Waals surface area contributed by atoms with Crippen molar-refractivity contribution in [2.75, 3.05) is 11.9 Å². The van der Waals surface area contributed by atoms with E-state index in [9.17, 15) is 4.79 Å². The highest BCUT2D eigenvalue weighted by molar-refractivity contribution is 6.06. The van der Waals surface area contributed by atoms with Gasteiger partial charge in [-0.3, -0.25) is 4.79 Å². The third kappa shape index (κ3) is 2.55. The Morgan fingerprint density at radius 1 is 1.31 bits per heavy atom. The van der Waals surface area contributed by atoms with Crippen LogP contribution in [0.4, 0.5) is 5.69 Å². The minimum atomic E-state index is -0.307. The molecule has 6 nitrogen and oxygen atoms in total. The fourth-order valence-corrected chi connectivity index (χ4v) is 4.74. The van der Waals surface area contributed by atoms with Gasteiger partial charge in [-0.2, -0.15) is 4.98 Å². The average Bonchev–Trinajstić information content (AvgIpc) is 3.23. The molecular formula is C20H24N4O2. The second-order valence-corrected chi connectivity index (χ2v) is 8.05. The van der Waals surface area contributed by atoms with Crippen LogP contribution in [0.5, 0.6) is 0 Å². The number of benzene rings is 1. The van der Waals surface area contributed by atoms with Gasteiger partial charge in [0, 0.05) is 17.6 Å². The van der Waals surface area contributed by atoms with E-state index in [4.69, 9.17) is 4.52 Å². The van der Waals surface area contributed by atoms with Gasteiger partial charge in [0.1, 0.15) is 0 Å². The van der Waals surface area contributed by atoms with E-state index in [2.05, 4.69) is 26.8 Å². The Bertz CT molecular complexity index is 838. The number of nitrogens with one attached hydrogen (secondary N) is 2. The quantitative estimate of drug-likeness (QED) is 0.884. The Morgan fingerprint density at radius 2 is 2.12 bits per heavy atom. The monoisotopic (exact) mass is 352 g/mol. The van der Waals surface area contributed by atoms with Gasteiger partial charge < -0.3 is 15.2 Å². The van der Waals surface area contributed by atoms with Crippen molar-refractivity contribution in [3.63, 3.8) is 0 Å². The molecule has 1 aromatic carbocycles. The predicted molar refractivity (Wildman–Crippen MR) is 96.9 cm³/mol. The number of carbonyl (C=O) groups excluding carboxylic acids is 1. The van der Waals surface area contributed by atoms with E-state index in [1.807, 2.05) is 25.1 Å². The summed E-state index contributed by atoms with van der Waals surface area (Å²) in [6, 6.07) is 8.65. The third-order valence-corrected chi connectivity index (χ3v) is 6.42. The number of rotatable bonds is 4. The van der Waals surface area contributed by atoms with E-state index < -0.39 is 0 Å². The number of nitrogens with zero attached hydrogens (tertiary/aromatic N) is 2. The van der Waals surface area contributed by atoms with E-state index >= 15 is 0 Å². The lowest BCUT2D eigenvalue weighted by atomic mass is 9.69. The van der Waals surface area contributed by atoms with Crippen molar-refractivity contribution in [1.29, 1.82) is 0 Å². The summed E-state index contributed by atoms with van der Waals surface area (Å²) in [5.74, 6) is 2.71. The molecule has 5 rings (SSSR count). The normalized spacial score (nSPS) is 32.5. The molecule has 6 heteroatoms. The minimum absolute atomic E-state index is 0.186. The molecule has 2 heterocycles. The Labute approximate surface area is 152 Å². The Balaban J connectivity index is 1.17. The maximum absolute atomic E-state index is 12.6. The molecule has 2 aliphatic carbocycles. The molecule has 1 spiro atoms. The molecule has 136 valence electrons. The second-order valence-electron chi connectivity index (χ2n) is 8.05. The van der Waals surface area contributed by atoms with Gasteiger partial charge in [-0.15, -0.1) is 0 Å². The van der Waals surface area contributed by atoms with Crippen LogP contribution in [0.25, 0.3) is 0 Å². The molecule has 1 aromatic heterocycles. The molecule has 2 unspecified atom stereocenters. The zero-order valence-corrected chi connectivity index (χ0v) is 15.0. The highest BCUT2D eigenvalue weighted by atomic mass is 16.5. The number of anilines is 1. The van der Waals surface area contributed by atoms with Crippen molar-refractivity contribution in [2.24, 2.45) is 5.92 Å². The van der Waals surface area contributed by atoms with E-state index in [-0.39, 0.29) is 11.3 Å². The molecule has 0 radical (unpaired) electrons. The molecule has 2 fully saturated rings.